The number of para-hydroxylation sites is 1. The summed E-state index contributed by atoms with van der Waals surface area (Å²) in [7, 11) is 0. The Labute approximate surface area is 147 Å². The Balaban J connectivity index is 1.47. The molecule has 25 heavy (non-hydrogen) atoms. The molecule has 0 fully saturated rings. The molecule has 0 saturated carbocycles. The second-order valence-electron chi connectivity index (χ2n) is 7.06. The molecular weight excluding hydrogens is 312 g/mol. The number of aryl methyl sites for hydroxylation is 1. The molecule has 130 valence electrons. The van der Waals surface area contributed by atoms with Crippen molar-refractivity contribution < 1.29 is 4.79 Å². The quantitative estimate of drug-likeness (QED) is 0.750. The second-order valence-corrected chi connectivity index (χ2v) is 7.06. The van der Waals surface area contributed by atoms with Gasteiger partial charge in [0.1, 0.15) is 0 Å². The van der Waals surface area contributed by atoms with Gasteiger partial charge in [0.25, 0.3) is 5.91 Å². The summed E-state index contributed by atoms with van der Waals surface area (Å²) in [4.78, 5) is 12.4. The summed E-state index contributed by atoms with van der Waals surface area (Å²) < 4.78 is 2.30. The van der Waals surface area contributed by atoms with E-state index < -0.39 is 0 Å². The third-order valence-electron chi connectivity index (χ3n) is 5.08. The number of rotatable bonds is 5. The van der Waals surface area contributed by atoms with Crippen molar-refractivity contribution in [3.63, 3.8) is 0 Å². The van der Waals surface area contributed by atoms with Crippen molar-refractivity contribution in [1.29, 1.82) is 0 Å². The Kier molecular flexibility index (Phi) is 4.07. The van der Waals surface area contributed by atoms with Crippen LogP contribution in [0.3, 0.4) is 0 Å². The Bertz CT molecular complexity index is 919. The molecule has 1 aliphatic carbocycles. The molecule has 1 aliphatic rings. The van der Waals surface area contributed by atoms with Crippen LogP contribution in [0.5, 0.6) is 0 Å². The molecule has 0 bridgehead atoms. The van der Waals surface area contributed by atoms with Gasteiger partial charge in [0.15, 0.2) is 5.69 Å². The maximum absolute atomic E-state index is 12.4. The lowest BCUT2D eigenvalue weighted by atomic mass is 10.1. The molecule has 0 unspecified atom stereocenters. The van der Waals surface area contributed by atoms with E-state index >= 15 is 0 Å². The molecule has 1 aromatic carbocycles. The SMILES string of the molecule is CC(C)n1cc(CCNC(=O)c2n[nH]c3c2CCC3)c2ccccc21. The van der Waals surface area contributed by atoms with Gasteiger partial charge in [-0.05, 0) is 51.2 Å². The fraction of sp³-hybridized carbons (Fsp3) is 0.400. The third-order valence-corrected chi connectivity index (χ3v) is 5.08. The highest BCUT2D eigenvalue weighted by molar-refractivity contribution is 5.94. The van der Waals surface area contributed by atoms with E-state index in [0.717, 1.165) is 36.9 Å². The van der Waals surface area contributed by atoms with E-state index in [0.29, 0.717) is 18.3 Å². The van der Waals surface area contributed by atoms with Gasteiger partial charge in [-0.2, -0.15) is 5.10 Å². The normalized spacial score (nSPS) is 13.6. The summed E-state index contributed by atoms with van der Waals surface area (Å²) >= 11 is 0. The van der Waals surface area contributed by atoms with Gasteiger partial charge in [-0.3, -0.25) is 9.89 Å². The topological polar surface area (TPSA) is 62.7 Å². The first-order valence-corrected chi connectivity index (χ1v) is 9.08. The van der Waals surface area contributed by atoms with Crippen LogP contribution in [0, 0.1) is 0 Å². The number of carbonyl (C=O) groups is 1. The predicted molar refractivity (Wildman–Crippen MR) is 99.0 cm³/mol. The van der Waals surface area contributed by atoms with Crippen LogP contribution in [0.2, 0.25) is 0 Å². The highest BCUT2D eigenvalue weighted by Gasteiger charge is 2.22. The Morgan fingerprint density at radius 3 is 3.00 bits per heavy atom. The third kappa shape index (κ3) is 2.84. The highest BCUT2D eigenvalue weighted by atomic mass is 16.1. The van der Waals surface area contributed by atoms with Crippen LogP contribution < -0.4 is 5.32 Å². The predicted octanol–water partition coefficient (Wildman–Crippen LogP) is 3.41. The molecular formula is C20H24N4O. The van der Waals surface area contributed by atoms with Gasteiger partial charge in [-0.1, -0.05) is 18.2 Å². The number of amides is 1. The Morgan fingerprint density at radius 2 is 2.16 bits per heavy atom. The number of hydrogen-bond acceptors (Lipinski definition) is 2. The Hall–Kier alpha value is -2.56. The first-order valence-electron chi connectivity index (χ1n) is 9.08. The molecule has 2 aromatic heterocycles. The minimum Gasteiger partial charge on any atom is -0.350 e. The number of nitrogens with one attached hydrogen (secondary N) is 2. The number of aromatic amines is 1. The van der Waals surface area contributed by atoms with E-state index in [-0.39, 0.29) is 5.91 Å². The first kappa shape index (κ1) is 15.9. The van der Waals surface area contributed by atoms with Crippen molar-refractivity contribution in [2.24, 2.45) is 0 Å². The standard InChI is InChI=1S/C20H24N4O/c1-13(2)24-12-14(15-6-3-4-9-18(15)24)10-11-21-20(25)19-16-7-5-8-17(16)22-23-19/h3-4,6,9,12-13H,5,7-8,10-11H2,1-2H3,(H,21,25)(H,22,23). The van der Waals surface area contributed by atoms with E-state index in [1.54, 1.807) is 0 Å². The molecule has 1 amide bonds. The minimum atomic E-state index is -0.0630. The van der Waals surface area contributed by atoms with Gasteiger partial charge >= 0.3 is 0 Å². The molecule has 4 rings (SSSR count). The van der Waals surface area contributed by atoms with Crippen LogP contribution in [0.25, 0.3) is 10.9 Å². The monoisotopic (exact) mass is 336 g/mol. The van der Waals surface area contributed by atoms with E-state index in [2.05, 4.69) is 64.4 Å². The van der Waals surface area contributed by atoms with Crippen LogP contribution >= 0.6 is 0 Å². The molecule has 2 N–H and O–H groups in total. The number of fused-ring (bicyclic) bond motifs is 2. The largest absolute Gasteiger partial charge is 0.350 e. The maximum atomic E-state index is 12.4. The lowest BCUT2D eigenvalue weighted by molar-refractivity contribution is 0.0948. The smallest absolute Gasteiger partial charge is 0.272 e. The summed E-state index contributed by atoms with van der Waals surface area (Å²) in [6.45, 7) is 5.00. The molecule has 0 atom stereocenters. The van der Waals surface area contributed by atoms with E-state index in [1.807, 2.05) is 0 Å². The molecule has 5 heteroatoms. The number of carbonyl (C=O) groups excluding carboxylic acids is 1. The fourth-order valence-electron chi connectivity index (χ4n) is 3.81. The summed E-state index contributed by atoms with van der Waals surface area (Å²) in [5.74, 6) is -0.0630. The average molecular weight is 336 g/mol. The van der Waals surface area contributed by atoms with Crippen molar-refractivity contribution >= 4 is 16.8 Å². The zero-order valence-corrected chi connectivity index (χ0v) is 14.8. The zero-order chi connectivity index (χ0) is 17.4. The van der Waals surface area contributed by atoms with Gasteiger partial charge in [-0.25, -0.2) is 0 Å². The van der Waals surface area contributed by atoms with Gasteiger partial charge in [0.05, 0.1) is 0 Å². The number of hydrogen-bond donors (Lipinski definition) is 2. The molecule has 0 aliphatic heterocycles. The van der Waals surface area contributed by atoms with E-state index in [1.165, 1.54) is 16.5 Å². The van der Waals surface area contributed by atoms with E-state index in [9.17, 15) is 4.79 Å². The van der Waals surface area contributed by atoms with Crippen molar-refractivity contribution in [2.75, 3.05) is 6.54 Å². The van der Waals surface area contributed by atoms with Crippen molar-refractivity contribution in [2.45, 2.75) is 45.6 Å². The average Bonchev–Trinajstić information content (AvgIpc) is 3.28. The lowest BCUT2D eigenvalue weighted by Gasteiger charge is -2.08. The number of benzene rings is 1. The summed E-state index contributed by atoms with van der Waals surface area (Å²) in [6.07, 6.45) is 6.10. The van der Waals surface area contributed by atoms with Gasteiger partial charge < -0.3 is 9.88 Å². The van der Waals surface area contributed by atoms with Crippen LogP contribution in [0.15, 0.2) is 30.5 Å². The molecule has 2 heterocycles. The molecule has 0 saturated heterocycles. The van der Waals surface area contributed by atoms with Gasteiger partial charge in [-0.15, -0.1) is 0 Å². The van der Waals surface area contributed by atoms with Crippen molar-refractivity contribution in [3.05, 3.63) is 53.0 Å². The number of H-pyrrole nitrogens is 1. The molecule has 3 aromatic rings. The van der Waals surface area contributed by atoms with Crippen molar-refractivity contribution in [3.8, 4) is 0 Å². The summed E-state index contributed by atoms with van der Waals surface area (Å²) in [5.41, 5.74) is 5.34. The lowest BCUT2D eigenvalue weighted by Crippen LogP contribution is -2.26. The van der Waals surface area contributed by atoms with Crippen LogP contribution in [-0.2, 0) is 19.3 Å². The number of nitrogens with zero attached hydrogens (tertiary/aromatic N) is 2. The van der Waals surface area contributed by atoms with Crippen LogP contribution in [-0.4, -0.2) is 27.2 Å². The minimum absolute atomic E-state index is 0.0630. The molecule has 0 radical (unpaired) electrons. The zero-order valence-electron chi connectivity index (χ0n) is 14.8. The van der Waals surface area contributed by atoms with Crippen LogP contribution in [0.4, 0.5) is 0 Å². The Morgan fingerprint density at radius 1 is 1.32 bits per heavy atom. The van der Waals surface area contributed by atoms with Crippen molar-refractivity contribution in [1.82, 2.24) is 20.1 Å². The maximum Gasteiger partial charge on any atom is 0.272 e. The first-order chi connectivity index (χ1) is 12.1. The fourth-order valence-corrected chi connectivity index (χ4v) is 3.81. The summed E-state index contributed by atoms with van der Waals surface area (Å²) in [5, 5.41) is 11.5. The molecule has 0 spiro atoms. The molecule has 5 nitrogen and oxygen atoms in total. The number of aromatic nitrogens is 3. The summed E-state index contributed by atoms with van der Waals surface area (Å²) in [6, 6.07) is 8.88. The van der Waals surface area contributed by atoms with Crippen LogP contribution in [0.1, 0.15) is 53.6 Å². The second kappa shape index (κ2) is 6.39. The van der Waals surface area contributed by atoms with E-state index in [4.69, 9.17) is 0 Å². The van der Waals surface area contributed by atoms with Gasteiger partial charge in [0, 0.05) is 40.9 Å². The highest BCUT2D eigenvalue weighted by Crippen LogP contribution is 2.25. The van der Waals surface area contributed by atoms with Gasteiger partial charge in [0.2, 0.25) is 0 Å².